The van der Waals surface area contributed by atoms with E-state index in [9.17, 15) is 15.0 Å². The van der Waals surface area contributed by atoms with E-state index < -0.39 is 23.8 Å². The van der Waals surface area contributed by atoms with E-state index >= 15 is 4.39 Å². The van der Waals surface area contributed by atoms with Gasteiger partial charge >= 0.3 is 5.97 Å². The molecule has 0 radical (unpaired) electrons. The average molecular weight is 378 g/mol. The van der Waals surface area contributed by atoms with Crippen molar-refractivity contribution in [3.8, 4) is 11.5 Å². The van der Waals surface area contributed by atoms with Crippen LogP contribution < -0.4 is 9.47 Å². The molecule has 0 saturated heterocycles. The highest BCUT2D eigenvalue weighted by molar-refractivity contribution is 5.82. The minimum absolute atomic E-state index is 0.0962. The third kappa shape index (κ3) is 4.20. The zero-order valence-electron chi connectivity index (χ0n) is 15.4. The van der Waals surface area contributed by atoms with Gasteiger partial charge in [-0.05, 0) is 42.3 Å². The highest BCUT2D eigenvalue weighted by Crippen LogP contribution is 2.42. The molecule has 6 nitrogen and oxygen atoms in total. The molecule has 27 heavy (non-hydrogen) atoms. The first-order valence-corrected chi connectivity index (χ1v) is 8.38. The molecular formula is C20H23FO6. The monoisotopic (exact) mass is 378 g/mol. The molecule has 2 unspecified atom stereocenters. The van der Waals surface area contributed by atoms with Gasteiger partial charge < -0.3 is 24.4 Å². The van der Waals surface area contributed by atoms with Gasteiger partial charge in [-0.1, -0.05) is 24.3 Å². The van der Waals surface area contributed by atoms with E-state index in [2.05, 4.69) is 0 Å². The minimum atomic E-state index is -3.11. The van der Waals surface area contributed by atoms with Crippen molar-refractivity contribution in [1.29, 1.82) is 0 Å². The summed E-state index contributed by atoms with van der Waals surface area (Å²) in [5.74, 6) is -0.346. The molecule has 2 rings (SSSR count). The molecule has 0 aliphatic rings. The van der Waals surface area contributed by atoms with Crippen molar-refractivity contribution in [2.45, 2.75) is 24.8 Å². The number of alkyl halides is 1. The summed E-state index contributed by atoms with van der Waals surface area (Å²) in [6.07, 6.45) is -3.92. The van der Waals surface area contributed by atoms with Gasteiger partial charge in [-0.25, -0.2) is 9.18 Å². The molecule has 2 N–H and O–H groups in total. The Labute approximate surface area is 157 Å². The molecule has 0 heterocycles. The van der Waals surface area contributed by atoms with Gasteiger partial charge in [0, 0.05) is 0 Å². The lowest BCUT2D eigenvalue weighted by Crippen LogP contribution is -2.47. The van der Waals surface area contributed by atoms with Gasteiger partial charge in [-0.2, -0.15) is 0 Å². The van der Waals surface area contributed by atoms with Gasteiger partial charge in [0.05, 0.1) is 20.8 Å². The zero-order valence-corrected chi connectivity index (χ0v) is 15.4. The fraction of sp³-hybridized carbons (Fsp3) is 0.350. The van der Waals surface area contributed by atoms with Crippen LogP contribution in [0, 0.1) is 0 Å². The number of carbonyl (C=O) groups excluding carboxylic acids is 1. The second-order valence-corrected chi connectivity index (χ2v) is 5.84. The summed E-state index contributed by atoms with van der Waals surface area (Å²) in [5, 5.41) is 21.3. The van der Waals surface area contributed by atoms with Crippen LogP contribution in [0.2, 0.25) is 0 Å². The number of halogens is 1. The molecule has 0 aromatic heterocycles. The maximum atomic E-state index is 15.9. The Morgan fingerprint density at radius 1 is 0.926 bits per heavy atom. The highest BCUT2D eigenvalue weighted by Gasteiger charge is 2.54. The molecule has 0 bridgehead atoms. The van der Waals surface area contributed by atoms with Gasteiger partial charge in [0.2, 0.25) is 0 Å². The van der Waals surface area contributed by atoms with Crippen molar-refractivity contribution >= 4 is 5.97 Å². The van der Waals surface area contributed by atoms with Gasteiger partial charge in [0.15, 0.2) is 0 Å². The molecule has 2 aromatic rings. The van der Waals surface area contributed by atoms with Gasteiger partial charge in [0.1, 0.15) is 23.7 Å². The first-order valence-electron chi connectivity index (χ1n) is 8.38. The summed E-state index contributed by atoms with van der Waals surface area (Å²) >= 11 is 0. The number of methoxy groups -OCH3 is 2. The van der Waals surface area contributed by atoms with Crippen molar-refractivity contribution in [2.24, 2.45) is 0 Å². The van der Waals surface area contributed by atoms with E-state index in [0.29, 0.717) is 11.5 Å². The number of hydrogen-bond acceptors (Lipinski definition) is 6. The molecule has 0 amide bonds. The number of aliphatic hydroxyl groups is 2. The summed E-state index contributed by atoms with van der Waals surface area (Å²) < 4.78 is 30.7. The Bertz CT molecular complexity index is 691. The van der Waals surface area contributed by atoms with Crippen LogP contribution in [0.4, 0.5) is 4.39 Å². The fourth-order valence-electron chi connectivity index (χ4n) is 2.67. The molecular weight excluding hydrogens is 355 g/mol. The lowest BCUT2D eigenvalue weighted by molar-refractivity contribution is -0.181. The van der Waals surface area contributed by atoms with Crippen LogP contribution in [0.1, 0.15) is 30.3 Å². The van der Waals surface area contributed by atoms with Crippen LogP contribution in [-0.2, 0) is 9.53 Å². The van der Waals surface area contributed by atoms with E-state index in [1.54, 1.807) is 0 Å². The number of rotatable bonds is 8. The molecule has 2 aromatic carbocycles. The molecule has 0 spiro atoms. The van der Waals surface area contributed by atoms with E-state index in [4.69, 9.17) is 14.2 Å². The van der Waals surface area contributed by atoms with E-state index in [0.717, 1.165) is 0 Å². The van der Waals surface area contributed by atoms with Gasteiger partial charge in [0.25, 0.3) is 5.67 Å². The van der Waals surface area contributed by atoms with Crippen molar-refractivity contribution in [1.82, 2.24) is 0 Å². The maximum absolute atomic E-state index is 15.9. The molecule has 0 aliphatic carbocycles. The third-order valence-corrected chi connectivity index (χ3v) is 4.25. The summed E-state index contributed by atoms with van der Waals surface area (Å²) in [6, 6.07) is 11.7. The fourth-order valence-corrected chi connectivity index (χ4v) is 2.67. The molecule has 0 fully saturated rings. The molecule has 0 aliphatic heterocycles. The van der Waals surface area contributed by atoms with Crippen LogP contribution in [0.3, 0.4) is 0 Å². The number of esters is 1. The lowest BCUT2D eigenvalue weighted by Gasteiger charge is -2.33. The number of hydrogen-bond donors (Lipinski definition) is 2. The van der Waals surface area contributed by atoms with E-state index in [1.807, 2.05) is 0 Å². The Hall–Kier alpha value is -2.64. The Morgan fingerprint density at radius 3 is 1.59 bits per heavy atom. The average Bonchev–Trinajstić information content (AvgIpc) is 2.72. The molecule has 7 heteroatoms. The second kappa shape index (κ2) is 8.83. The Kier molecular flexibility index (Phi) is 6.76. The van der Waals surface area contributed by atoms with Crippen LogP contribution in [0.25, 0.3) is 0 Å². The van der Waals surface area contributed by atoms with Crippen LogP contribution in [-0.4, -0.2) is 42.7 Å². The number of ether oxygens (including phenoxy) is 3. The largest absolute Gasteiger partial charge is 0.497 e. The highest BCUT2D eigenvalue weighted by atomic mass is 19.1. The first-order chi connectivity index (χ1) is 12.9. The quantitative estimate of drug-likeness (QED) is 0.687. The second-order valence-electron chi connectivity index (χ2n) is 5.84. The van der Waals surface area contributed by atoms with Crippen LogP contribution in [0.5, 0.6) is 11.5 Å². The van der Waals surface area contributed by atoms with Crippen LogP contribution in [0.15, 0.2) is 48.5 Å². The maximum Gasteiger partial charge on any atom is 0.350 e. The van der Waals surface area contributed by atoms with Crippen molar-refractivity contribution in [3.05, 3.63) is 59.7 Å². The molecule has 146 valence electrons. The van der Waals surface area contributed by atoms with Gasteiger partial charge in [-0.3, -0.25) is 0 Å². The normalized spacial score (nSPS) is 15.3. The number of carbonyl (C=O) groups is 1. The summed E-state index contributed by atoms with van der Waals surface area (Å²) in [7, 11) is 2.94. The standard InChI is InChI=1S/C20H23FO6/c1-4-27-19(24)20(21,17(22)13-5-9-15(25-2)10-6-13)18(23)14-7-11-16(26-3)12-8-14/h5-12,17-18,22-23H,4H2,1-3H3. The Morgan fingerprint density at radius 2 is 1.30 bits per heavy atom. The minimum Gasteiger partial charge on any atom is -0.497 e. The number of aliphatic hydroxyl groups excluding tert-OH is 2. The molecule has 2 atom stereocenters. The predicted octanol–water partition coefficient (Wildman–Crippen LogP) is 2.74. The summed E-state index contributed by atoms with van der Waals surface area (Å²) in [6.45, 7) is 1.41. The predicted molar refractivity (Wildman–Crippen MR) is 96.4 cm³/mol. The molecule has 0 saturated carbocycles. The van der Waals surface area contributed by atoms with Crippen molar-refractivity contribution in [2.75, 3.05) is 20.8 Å². The summed E-state index contributed by atoms with van der Waals surface area (Å²) in [5.41, 5.74) is -2.92. The van der Waals surface area contributed by atoms with Crippen LogP contribution >= 0.6 is 0 Å². The lowest BCUT2D eigenvalue weighted by atomic mass is 9.84. The van der Waals surface area contributed by atoms with Crippen molar-refractivity contribution < 1.29 is 33.6 Å². The van der Waals surface area contributed by atoms with E-state index in [-0.39, 0.29) is 17.7 Å². The number of benzene rings is 2. The van der Waals surface area contributed by atoms with E-state index in [1.165, 1.54) is 69.7 Å². The topological polar surface area (TPSA) is 85.2 Å². The third-order valence-electron chi connectivity index (χ3n) is 4.25. The SMILES string of the molecule is CCOC(=O)C(F)(C(O)c1ccc(OC)cc1)C(O)c1ccc(OC)cc1. The summed E-state index contributed by atoms with van der Waals surface area (Å²) in [4.78, 5) is 12.4. The Balaban J connectivity index is 2.44. The van der Waals surface area contributed by atoms with Crippen molar-refractivity contribution in [3.63, 3.8) is 0 Å². The zero-order chi connectivity index (χ0) is 20.0. The smallest absolute Gasteiger partial charge is 0.350 e. The first kappa shape index (κ1) is 20.7. The van der Waals surface area contributed by atoms with Gasteiger partial charge in [-0.15, -0.1) is 0 Å².